The van der Waals surface area contributed by atoms with E-state index in [2.05, 4.69) is 49.0 Å². The van der Waals surface area contributed by atoms with Crippen LogP contribution in [-0.2, 0) is 4.79 Å². The van der Waals surface area contributed by atoms with Crippen LogP contribution in [0.1, 0.15) is 66.2 Å². The average Bonchev–Trinajstić information content (AvgIpc) is 3.19. The van der Waals surface area contributed by atoms with E-state index in [1.54, 1.807) is 11.9 Å². The summed E-state index contributed by atoms with van der Waals surface area (Å²) in [5.74, 6) is 0.109. The van der Waals surface area contributed by atoms with Gasteiger partial charge in [0.25, 0.3) is 0 Å². The van der Waals surface area contributed by atoms with E-state index in [4.69, 9.17) is 0 Å². The number of nitrogens with one attached hydrogen (secondary N) is 4. The molecule has 31 heavy (non-hydrogen) atoms. The second kappa shape index (κ2) is 10.8. The molecule has 178 valence electrons. The minimum absolute atomic E-state index is 0.0339. The summed E-state index contributed by atoms with van der Waals surface area (Å²) in [5, 5.41) is 12.4. The average molecular weight is 456 g/mol. The normalized spacial score (nSPS) is 23.4. The van der Waals surface area contributed by atoms with Gasteiger partial charge in [0, 0.05) is 38.9 Å². The molecule has 0 radical (unpaired) electrons. The van der Waals surface area contributed by atoms with Crippen molar-refractivity contribution in [2.75, 3.05) is 27.2 Å². The lowest BCUT2D eigenvalue weighted by Crippen LogP contribution is -2.42. The fourth-order valence-corrected chi connectivity index (χ4v) is 6.38. The maximum atomic E-state index is 12.3. The van der Waals surface area contributed by atoms with E-state index in [1.807, 2.05) is 18.8 Å². The lowest BCUT2D eigenvalue weighted by Gasteiger charge is -2.35. The number of nitrogens with zero attached hydrogens (tertiary/aromatic N) is 1. The van der Waals surface area contributed by atoms with Crippen molar-refractivity contribution in [1.29, 1.82) is 0 Å². The SMILES string of the molecule is CNC(=O)NCC(C)(C)CC(C)(C)CNC(=O)CCCCC1CC2NC(=O)N(C)C2S1. The van der Waals surface area contributed by atoms with Gasteiger partial charge in [-0.05, 0) is 36.5 Å². The van der Waals surface area contributed by atoms with E-state index in [9.17, 15) is 14.4 Å². The molecule has 4 N–H and O–H groups in total. The zero-order chi connectivity index (χ0) is 23.2. The number of hydrogen-bond acceptors (Lipinski definition) is 4. The Bertz CT molecular complexity index is 655. The molecule has 3 atom stereocenters. The predicted octanol–water partition coefficient (Wildman–Crippen LogP) is 2.89. The topological polar surface area (TPSA) is 103 Å². The van der Waals surface area contributed by atoms with Crippen LogP contribution in [0.3, 0.4) is 0 Å². The third-order valence-electron chi connectivity index (χ3n) is 6.06. The quantitative estimate of drug-likeness (QED) is 0.360. The van der Waals surface area contributed by atoms with Gasteiger partial charge < -0.3 is 26.2 Å². The van der Waals surface area contributed by atoms with Gasteiger partial charge in [-0.15, -0.1) is 11.8 Å². The second-order valence-electron chi connectivity index (χ2n) is 10.5. The highest BCUT2D eigenvalue weighted by Gasteiger charge is 2.44. The van der Waals surface area contributed by atoms with Crippen molar-refractivity contribution in [3.63, 3.8) is 0 Å². The van der Waals surface area contributed by atoms with Crippen LogP contribution in [0.25, 0.3) is 0 Å². The first kappa shape index (κ1) is 25.6. The molecule has 2 aliphatic rings. The highest BCUT2D eigenvalue weighted by atomic mass is 32.2. The number of unbranched alkanes of at least 4 members (excludes halogenated alkanes) is 1. The second-order valence-corrected chi connectivity index (χ2v) is 11.9. The third kappa shape index (κ3) is 8.09. The van der Waals surface area contributed by atoms with Crippen molar-refractivity contribution in [2.24, 2.45) is 10.8 Å². The maximum absolute atomic E-state index is 12.3. The van der Waals surface area contributed by atoms with Crippen LogP contribution in [-0.4, -0.2) is 66.7 Å². The van der Waals surface area contributed by atoms with Crippen LogP contribution < -0.4 is 21.3 Å². The molecule has 0 spiro atoms. The Morgan fingerprint density at radius 1 is 1.13 bits per heavy atom. The number of carbonyl (C=O) groups excluding carboxylic acids is 3. The molecule has 5 amide bonds. The Labute approximate surface area is 191 Å². The summed E-state index contributed by atoms with van der Waals surface area (Å²) in [6.45, 7) is 9.78. The van der Waals surface area contributed by atoms with E-state index in [0.29, 0.717) is 24.8 Å². The van der Waals surface area contributed by atoms with Crippen LogP contribution in [0.5, 0.6) is 0 Å². The Morgan fingerprint density at radius 3 is 2.39 bits per heavy atom. The van der Waals surface area contributed by atoms with E-state index < -0.39 is 0 Å². The number of rotatable bonds is 11. The first-order valence-corrected chi connectivity index (χ1v) is 12.3. The highest BCUT2D eigenvalue weighted by Crippen LogP contribution is 2.40. The number of thioether (sulfide) groups is 1. The van der Waals surface area contributed by atoms with Crippen molar-refractivity contribution >= 4 is 29.7 Å². The zero-order valence-electron chi connectivity index (χ0n) is 20.0. The van der Waals surface area contributed by atoms with Crippen LogP contribution in [0, 0.1) is 10.8 Å². The van der Waals surface area contributed by atoms with E-state index in [1.165, 1.54) is 0 Å². The number of carbonyl (C=O) groups is 3. The third-order valence-corrected chi connectivity index (χ3v) is 7.80. The first-order chi connectivity index (χ1) is 14.4. The van der Waals surface area contributed by atoms with Crippen LogP contribution in [0.2, 0.25) is 0 Å². The summed E-state index contributed by atoms with van der Waals surface area (Å²) in [7, 11) is 3.47. The first-order valence-electron chi connectivity index (χ1n) is 11.3. The van der Waals surface area contributed by atoms with Gasteiger partial charge in [-0.25, -0.2) is 9.59 Å². The van der Waals surface area contributed by atoms with Gasteiger partial charge in [0.1, 0.15) is 0 Å². The summed E-state index contributed by atoms with van der Waals surface area (Å²) in [4.78, 5) is 37.2. The molecule has 9 heteroatoms. The lowest BCUT2D eigenvalue weighted by molar-refractivity contribution is -0.121. The summed E-state index contributed by atoms with van der Waals surface area (Å²) in [5.41, 5.74) is -0.121. The van der Waals surface area contributed by atoms with Gasteiger partial charge in [-0.3, -0.25) is 4.79 Å². The van der Waals surface area contributed by atoms with Gasteiger partial charge in [0.15, 0.2) is 0 Å². The molecule has 2 saturated heterocycles. The molecule has 2 rings (SSSR count). The van der Waals surface area contributed by atoms with Gasteiger partial charge >= 0.3 is 12.1 Å². The van der Waals surface area contributed by atoms with Crippen molar-refractivity contribution in [2.45, 2.75) is 82.9 Å². The van der Waals surface area contributed by atoms with E-state index in [0.717, 1.165) is 32.1 Å². The Kier molecular flexibility index (Phi) is 8.92. The summed E-state index contributed by atoms with van der Waals surface area (Å²) < 4.78 is 0. The Hall–Kier alpha value is -1.64. The molecule has 8 nitrogen and oxygen atoms in total. The number of fused-ring (bicyclic) bond motifs is 1. The smallest absolute Gasteiger partial charge is 0.318 e. The zero-order valence-corrected chi connectivity index (χ0v) is 20.8. The molecule has 2 fully saturated rings. The van der Waals surface area contributed by atoms with Gasteiger partial charge in [0.05, 0.1) is 11.4 Å². The fourth-order valence-electron chi connectivity index (χ4n) is 4.71. The van der Waals surface area contributed by atoms with E-state index in [-0.39, 0.29) is 40.2 Å². The van der Waals surface area contributed by atoms with Gasteiger partial charge in [0.2, 0.25) is 5.91 Å². The molecule has 3 unspecified atom stereocenters. The van der Waals surface area contributed by atoms with Gasteiger partial charge in [-0.1, -0.05) is 34.1 Å². The maximum Gasteiger partial charge on any atom is 0.318 e. The Morgan fingerprint density at radius 2 is 1.77 bits per heavy atom. The van der Waals surface area contributed by atoms with Crippen LogP contribution >= 0.6 is 11.8 Å². The highest BCUT2D eigenvalue weighted by molar-refractivity contribution is 8.00. The standard InChI is InChI=1S/C22H41N5O3S/c1-21(2,12-22(3,4)14-25-19(29)23-5)13-24-17(28)10-8-7-9-15-11-16-18(31-15)27(6)20(30)26-16/h15-16,18H,7-14H2,1-6H3,(H,24,28)(H,26,30)(H2,23,25,29). The molecule has 0 aromatic carbocycles. The molecule has 0 saturated carbocycles. The van der Waals surface area contributed by atoms with Crippen LogP contribution in [0.4, 0.5) is 9.59 Å². The van der Waals surface area contributed by atoms with Crippen molar-refractivity contribution in [3.05, 3.63) is 0 Å². The number of likely N-dealkylation sites (N-methyl/N-ethyl adjacent to an activating group) is 1. The van der Waals surface area contributed by atoms with Crippen molar-refractivity contribution in [1.82, 2.24) is 26.2 Å². The summed E-state index contributed by atoms with van der Waals surface area (Å²) >= 11 is 1.89. The minimum atomic E-state index is -0.171. The molecule has 0 aliphatic carbocycles. The number of hydrogen-bond donors (Lipinski definition) is 4. The Balaban J connectivity index is 1.60. The monoisotopic (exact) mass is 455 g/mol. The largest absolute Gasteiger partial charge is 0.356 e. The van der Waals surface area contributed by atoms with E-state index >= 15 is 0 Å². The van der Waals surface area contributed by atoms with Crippen LogP contribution in [0.15, 0.2) is 0 Å². The molecular formula is C22H41N5O3S. The molecule has 2 aliphatic heterocycles. The van der Waals surface area contributed by atoms with Gasteiger partial charge in [-0.2, -0.15) is 0 Å². The minimum Gasteiger partial charge on any atom is -0.356 e. The van der Waals surface area contributed by atoms with Crippen molar-refractivity contribution in [3.8, 4) is 0 Å². The molecule has 0 bridgehead atoms. The summed E-state index contributed by atoms with van der Waals surface area (Å²) in [6, 6.07) is 0.135. The molecular weight excluding hydrogens is 414 g/mol. The number of amides is 5. The fraction of sp³-hybridized carbons (Fsp3) is 0.864. The van der Waals surface area contributed by atoms with Crippen molar-refractivity contribution < 1.29 is 14.4 Å². The predicted molar refractivity (Wildman–Crippen MR) is 126 cm³/mol. The number of urea groups is 2. The molecule has 2 heterocycles. The molecule has 0 aromatic rings. The molecule has 0 aromatic heterocycles. The lowest BCUT2D eigenvalue weighted by atomic mass is 9.75. The summed E-state index contributed by atoms with van der Waals surface area (Å²) in [6.07, 6.45) is 5.48.